The summed E-state index contributed by atoms with van der Waals surface area (Å²) in [7, 11) is 0. The first kappa shape index (κ1) is 64.1. The summed E-state index contributed by atoms with van der Waals surface area (Å²) in [6.45, 7) is 11.8. The number of hydrogen-bond acceptors (Lipinski definition) is 15. The fourth-order valence-corrected chi connectivity index (χ4v) is 8.06. The molecule has 22 heteroatoms. The molecule has 1 aromatic carbocycles. The van der Waals surface area contributed by atoms with Crippen LogP contribution in [0.25, 0.3) is 0 Å². The number of carboxylic acid groups (broad SMARTS) is 1. The molecular weight excluding hydrogens is 961 g/mol. The smallest absolute Gasteiger partial charge is 0.305 e. The number of nitrogens with zero attached hydrogens (tertiary/aromatic N) is 3. The van der Waals surface area contributed by atoms with Gasteiger partial charge in [-0.1, -0.05) is 46.2 Å². The standard InChI is InChI=1S/C52H82N8O14/c1-34(2)26-40(29-48(67)45(56-37(6)62)27-38-12-14-41(63)15-13-38)51(71)57-46(31-49(68)69)47(66)11-9-22-73-24-25-74-23-21-60-20-19-59(58-60)18-16-42(64)28-39(10-7-8-17-53)50(70)54-32-43(65)30-44(35(3)4)52(72)55-36(5)33-61/h12-15,19-20,34-36,39-40,44-46,61H,7-11,16-18,21-33,53H2,1-6H3,(H5-,54,55,56,57,62,63,68,69,70,71,72)/p+1/t36-,39-,40+,44+,45+,46+/m1/s1. The molecule has 22 nitrogen and oxygen atoms in total. The predicted molar refractivity (Wildman–Crippen MR) is 271 cm³/mol. The minimum atomic E-state index is -1.33. The Morgan fingerprint density at radius 1 is 0.743 bits per heavy atom. The van der Waals surface area contributed by atoms with Gasteiger partial charge in [0, 0.05) is 69.4 Å². The van der Waals surface area contributed by atoms with Crippen molar-refractivity contribution in [2.24, 2.45) is 35.3 Å². The highest BCUT2D eigenvalue weighted by atomic mass is 16.5. The third kappa shape index (κ3) is 26.8. The maximum Gasteiger partial charge on any atom is 0.305 e. The van der Waals surface area contributed by atoms with Crippen LogP contribution >= 0.6 is 0 Å². The molecule has 1 aromatic heterocycles. The number of aliphatic hydroxyl groups excluding tert-OH is 1. The predicted octanol–water partition coefficient (Wildman–Crippen LogP) is 1.53. The first-order chi connectivity index (χ1) is 35.1. The molecule has 2 aromatic rings. The molecule has 2 rings (SSSR count). The average molecular weight is 1040 g/mol. The summed E-state index contributed by atoms with van der Waals surface area (Å²) in [6.07, 6.45) is 4.88. The van der Waals surface area contributed by atoms with E-state index < -0.39 is 77.6 Å². The van der Waals surface area contributed by atoms with Gasteiger partial charge in [-0.3, -0.25) is 43.2 Å². The number of carbonyl (C=O) groups excluding carboxylic acids is 8. The van der Waals surface area contributed by atoms with Gasteiger partial charge in [0.2, 0.25) is 23.6 Å². The number of aliphatic carboxylic acids is 1. The molecule has 9 N–H and O–H groups in total. The van der Waals surface area contributed by atoms with E-state index in [2.05, 4.69) is 26.5 Å². The van der Waals surface area contributed by atoms with E-state index >= 15 is 0 Å². The number of aromatic nitrogens is 3. The number of rotatable bonds is 41. The summed E-state index contributed by atoms with van der Waals surface area (Å²) >= 11 is 0. The fraction of sp³-hybridized carbons (Fsp3) is 0.673. The molecule has 0 radical (unpaired) electrons. The van der Waals surface area contributed by atoms with Crippen molar-refractivity contribution in [3.8, 4) is 5.75 Å². The number of carbonyl (C=O) groups is 9. The Labute approximate surface area is 434 Å². The number of carboxylic acids is 1. The van der Waals surface area contributed by atoms with Crippen LogP contribution in [0.15, 0.2) is 36.7 Å². The lowest BCUT2D eigenvalue weighted by Gasteiger charge is -2.24. The highest BCUT2D eigenvalue weighted by Crippen LogP contribution is 2.21. The van der Waals surface area contributed by atoms with Gasteiger partial charge >= 0.3 is 5.97 Å². The molecule has 0 fully saturated rings. The fourth-order valence-electron chi connectivity index (χ4n) is 8.06. The Bertz CT molecular complexity index is 2100. The van der Waals surface area contributed by atoms with Crippen LogP contribution in [0.1, 0.15) is 118 Å². The average Bonchev–Trinajstić information content (AvgIpc) is 3.80. The summed E-state index contributed by atoms with van der Waals surface area (Å²) in [5.41, 5.74) is 6.34. The summed E-state index contributed by atoms with van der Waals surface area (Å²) in [6, 6.07) is 3.43. The topological polar surface area (TPSA) is 329 Å². The molecule has 1 heterocycles. The Kier molecular flexibility index (Phi) is 30.6. The van der Waals surface area contributed by atoms with Crippen molar-refractivity contribution >= 4 is 52.7 Å². The zero-order valence-electron chi connectivity index (χ0n) is 44.2. The largest absolute Gasteiger partial charge is 0.508 e. The zero-order valence-corrected chi connectivity index (χ0v) is 44.2. The number of amides is 4. The van der Waals surface area contributed by atoms with Gasteiger partial charge in [0.05, 0.1) is 56.7 Å². The number of aromatic hydroxyl groups is 1. The van der Waals surface area contributed by atoms with Gasteiger partial charge in [0.25, 0.3) is 0 Å². The van der Waals surface area contributed by atoms with Crippen LogP contribution in [0.2, 0.25) is 0 Å². The molecule has 0 saturated heterocycles. The third-order valence-electron chi connectivity index (χ3n) is 12.2. The first-order valence-electron chi connectivity index (χ1n) is 25.8. The Morgan fingerprint density at radius 2 is 1.43 bits per heavy atom. The number of hydrogen-bond donors (Lipinski definition) is 8. The number of aliphatic hydroxyl groups is 1. The van der Waals surface area contributed by atoms with Crippen molar-refractivity contribution in [1.29, 1.82) is 0 Å². The minimum absolute atomic E-state index is 0.0173. The summed E-state index contributed by atoms with van der Waals surface area (Å²) < 4.78 is 14.5. The van der Waals surface area contributed by atoms with E-state index in [-0.39, 0.29) is 126 Å². The van der Waals surface area contributed by atoms with E-state index in [9.17, 15) is 58.5 Å². The van der Waals surface area contributed by atoms with Crippen LogP contribution in [0.4, 0.5) is 0 Å². The van der Waals surface area contributed by atoms with Crippen LogP contribution in [0.5, 0.6) is 5.75 Å². The normalized spacial score (nSPS) is 13.8. The molecule has 0 aliphatic heterocycles. The highest BCUT2D eigenvalue weighted by Gasteiger charge is 2.32. The molecule has 0 unspecified atom stereocenters. The number of aryl methyl sites for hydroxylation is 1. The minimum Gasteiger partial charge on any atom is -0.508 e. The maximum absolute atomic E-state index is 13.6. The van der Waals surface area contributed by atoms with Gasteiger partial charge in [-0.2, -0.15) is 0 Å². The van der Waals surface area contributed by atoms with Crippen LogP contribution in [-0.4, -0.2) is 142 Å². The van der Waals surface area contributed by atoms with Gasteiger partial charge in [-0.15, -0.1) is 9.36 Å². The van der Waals surface area contributed by atoms with Crippen molar-refractivity contribution in [1.82, 2.24) is 31.2 Å². The van der Waals surface area contributed by atoms with E-state index in [1.165, 1.54) is 19.1 Å². The third-order valence-corrected chi connectivity index (χ3v) is 12.2. The molecule has 0 aliphatic rings. The monoisotopic (exact) mass is 1040 g/mol. The molecule has 0 aliphatic carbocycles. The quantitative estimate of drug-likeness (QED) is 0.0346. The lowest BCUT2D eigenvalue weighted by atomic mass is 9.88. The van der Waals surface area contributed by atoms with E-state index in [0.29, 0.717) is 44.5 Å². The molecular formula is C52H83N8O14+. The SMILES string of the molecule is CC(=O)N[C@@H](Cc1ccc(O)cc1)C(=O)C[C@H](CC(C)C)C(=O)N[C@@H](CC(=O)O)C(=O)CCCOCCOCC[n+]1ccn(CCC(=O)C[C@@H](CCCCN)C(=O)NCC(=O)C[C@H](C(=O)N[C@H](C)CO)C(C)C)n1. The molecule has 414 valence electrons. The number of benzene rings is 1. The maximum atomic E-state index is 13.6. The number of ketones is 4. The van der Waals surface area contributed by atoms with E-state index in [1.807, 2.05) is 27.7 Å². The lowest BCUT2D eigenvalue weighted by Crippen LogP contribution is -2.47. The number of nitrogens with one attached hydrogen (secondary N) is 4. The highest BCUT2D eigenvalue weighted by molar-refractivity contribution is 5.96. The molecule has 0 spiro atoms. The number of ether oxygens (including phenoxy) is 2. The molecule has 4 amide bonds. The zero-order chi connectivity index (χ0) is 55.2. The van der Waals surface area contributed by atoms with Gasteiger partial charge in [0.1, 0.15) is 24.6 Å². The van der Waals surface area contributed by atoms with Gasteiger partial charge in [-0.05, 0) is 75.1 Å². The molecule has 74 heavy (non-hydrogen) atoms. The summed E-state index contributed by atoms with van der Waals surface area (Å²) in [5.74, 6) is -6.78. The van der Waals surface area contributed by atoms with Crippen molar-refractivity contribution in [3.05, 3.63) is 42.2 Å². The summed E-state index contributed by atoms with van der Waals surface area (Å²) in [4.78, 5) is 116. The van der Waals surface area contributed by atoms with E-state index in [0.717, 1.165) is 0 Å². The number of phenolic OH excluding ortho intramolecular Hbond substituents is 1. The van der Waals surface area contributed by atoms with Gasteiger partial charge in [-0.25, -0.2) is 0 Å². The van der Waals surface area contributed by atoms with E-state index in [1.54, 1.807) is 40.8 Å². The summed E-state index contributed by atoms with van der Waals surface area (Å²) in [5, 5.41) is 43.5. The molecule has 0 saturated carbocycles. The Hall–Kier alpha value is -5.97. The first-order valence-corrected chi connectivity index (χ1v) is 25.8. The van der Waals surface area contributed by atoms with Crippen LogP contribution < -0.4 is 31.7 Å². The molecule has 6 atom stereocenters. The number of nitrogens with two attached hydrogens (primary N) is 1. The van der Waals surface area contributed by atoms with Crippen LogP contribution in [-0.2, 0) is 72.1 Å². The second-order valence-corrected chi connectivity index (χ2v) is 19.7. The number of Topliss-reactive ketones (excluding diaryl/α,β-unsaturated/α-hetero) is 4. The number of unbranched alkanes of at least 4 members (excludes halogenated alkanes) is 1. The van der Waals surface area contributed by atoms with Gasteiger partial charge in [0.15, 0.2) is 29.7 Å². The Balaban J connectivity index is 1.78. The second kappa shape index (κ2) is 35.3. The van der Waals surface area contributed by atoms with Crippen molar-refractivity contribution in [2.75, 3.05) is 46.1 Å². The van der Waals surface area contributed by atoms with Gasteiger partial charge < -0.3 is 51.8 Å². The molecule has 0 bridgehead atoms. The van der Waals surface area contributed by atoms with Crippen molar-refractivity contribution < 1.29 is 72.6 Å². The Morgan fingerprint density at radius 3 is 2.05 bits per heavy atom. The van der Waals surface area contributed by atoms with Crippen molar-refractivity contribution in [2.45, 2.75) is 150 Å². The van der Waals surface area contributed by atoms with Crippen molar-refractivity contribution in [3.63, 3.8) is 0 Å². The lowest BCUT2D eigenvalue weighted by molar-refractivity contribution is -0.756. The second-order valence-electron chi connectivity index (χ2n) is 19.7. The van der Waals surface area contributed by atoms with Crippen LogP contribution in [0, 0.1) is 29.6 Å². The van der Waals surface area contributed by atoms with Crippen LogP contribution in [0.3, 0.4) is 0 Å². The van der Waals surface area contributed by atoms with E-state index in [4.69, 9.17) is 15.2 Å². The number of phenols is 1.